The van der Waals surface area contributed by atoms with Crippen molar-refractivity contribution in [2.45, 2.75) is 48.3 Å². The number of hydrogen-bond donors (Lipinski definition) is 0. The maximum Gasteiger partial charge on any atom is 0.284 e. The summed E-state index contributed by atoms with van der Waals surface area (Å²) in [5.41, 5.74) is 0.859. The van der Waals surface area contributed by atoms with E-state index in [1.165, 1.54) is 36.0 Å². The molecule has 2 aliphatic rings. The number of sulfonamides is 1. The molecule has 0 spiro atoms. The van der Waals surface area contributed by atoms with E-state index < -0.39 is 15.3 Å². The van der Waals surface area contributed by atoms with Gasteiger partial charge in [-0.2, -0.15) is 8.42 Å². The summed E-state index contributed by atoms with van der Waals surface area (Å²) >= 11 is 7.09. The molecule has 1 amide bonds. The summed E-state index contributed by atoms with van der Waals surface area (Å²) in [4.78, 5) is 15.0. The first-order valence-corrected chi connectivity index (χ1v) is 12.3. The van der Waals surface area contributed by atoms with Crippen LogP contribution in [0.15, 0.2) is 63.9 Å². The molecule has 1 unspecified atom stereocenters. The second-order valence-corrected chi connectivity index (χ2v) is 10.3. The molecule has 2 aromatic rings. The van der Waals surface area contributed by atoms with Gasteiger partial charge in [0.25, 0.3) is 10.0 Å². The lowest BCUT2D eigenvalue weighted by Gasteiger charge is -2.30. The number of hydrogen-bond acceptors (Lipinski definition) is 4. The first kappa shape index (κ1) is 20.4. The first-order valence-electron chi connectivity index (χ1n) is 9.61. The van der Waals surface area contributed by atoms with Crippen molar-refractivity contribution in [1.82, 2.24) is 4.90 Å². The Morgan fingerprint density at radius 1 is 0.966 bits per heavy atom. The smallest absolute Gasteiger partial charge is 0.284 e. The van der Waals surface area contributed by atoms with Crippen LogP contribution < -0.4 is 0 Å². The Morgan fingerprint density at radius 3 is 2.28 bits per heavy atom. The van der Waals surface area contributed by atoms with E-state index in [1.54, 1.807) is 4.90 Å². The number of carbonyl (C=O) groups excluding carboxylic acids is 1. The molecule has 152 valence electrons. The van der Waals surface area contributed by atoms with E-state index >= 15 is 0 Å². The standard InChI is InChI=1S/C21H21ClN2O3S2/c22-16-11-13-18(14-12-16)29(26,27)23-21-24(17-9-5-2-6-10-17)20(25)19(28-21)15-7-3-1-4-8-15/h1,3-4,7-8,11-14,17,19H,2,5-6,9-10H2/b23-21+. The van der Waals surface area contributed by atoms with Crippen molar-refractivity contribution >= 4 is 44.5 Å². The highest BCUT2D eigenvalue weighted by molar-refractivity contribution is 8.15. The lowest BCUT2D eigenvalue weighted by atomic mass is 9.94. The monoisotopic (exact) mass is 448 g/mol. The number of halogens is 1. The zero-order chi connectivity index (χ0) is 20.4. The van der Waals surface area contributed by atoms with Gasteiger partial charge in [0.1, 0.15) is 5.25 Å². The largest absolute Gasteiger partial charge is 0.286 e. The average Bonchev–Trinajstić information content (AvgIpc) is 3.05. The van der Waals surface area contributed by atoms with E-state index in [9.17, 15) is 13.2 Å². The SMILES string of the molecule is O=C1C(c2ccccc2)S/C(=N/S(=O)(=O)c2ccc(Cl)cc2)N1C1CCCCC1. The van der Waals surface area contributed by atoms with Crippen molar-refractivity contribution in [3.63, 3.8) is 0 Å². The van der Waals surface area contributed by atoms with E-state index in [0.29, 0.717) is 5.02 Å². The van der Waals surface area contributed by atoms with Crippen LogP contribution in [0.2, 0.25) is 5.02 Å². The fourth-order valence-corrected chi connectivity index (χ4v) is 6.32. The van der Waals surface area contributed by atoms with E-state index in [-0.39, 0.29) is 22.0 Å². The maximum atomic E-state index is 13.3. The number of amidine groups is 1. The van der Waals surface area contributed by atoms with E-state index in [2.05, 4.69) is 4.40 Å². The lowest BCUT2D eigenvalue weighted by Crippen LogP contribution is -2.41. The van der Waals surface area contributed by atoms with Crippen LogP contribution in [0.4, 0.5) is 0 Å². The van der Waals surface area contributed by atoms with Gasteiger partial charge in [-0.15, -0.1) is 4.40 Å². The minimum absolute atomic E-state index is 0.00312. The molecule has 0 radical (unpaired) electrons. The Bertz CT molecular complexity index is 1020. The molecule has 1 aliphatic carbocycles. The lowest BCUT2D eigenvalue weighted by molar-refractivity contribution is -0.128. The van der Waals surface area contributed by atoms with Crippen LogP contribution >= 0.6 is 23.4 Å². The Balaban J connectivity index is 1.72. The summed E-state index contributed by atoms with van der Waals surface area (Å²) in [6.07, 6.45) is 4.95. The highest BCUT2D eigenvalue weighted by Gasteiger charge is 2.43. The van der Waals surface area contributed by atoms with Gasteiger partial charge >= 0.3 is 0 Å². The van der Waals surface area contributed by atoms with Crippen molar-refractivity contribution < 1.29 is 13.2 Å². The predicted molar refractivity (Wildman–Crippen MR) is 117 cm³/mol. The van der Waals surface area contributed by atoms with Crippen LogP contribution in [0, 0.1) is 0 Å². The minimum Gasteiger partial charge on any atom is -0.286 e. The quantitative estimate of drug-likeness (QED) is 0.657. The molecule has 0 N–H and O–H groups in total. The molecule has 8 heteroatoms. The Labute approximate surface area is 180 Å². The van der Waals surface area contributed by atoms with Crippen molar-refractivity contribution in [3.8, 4) is 0 Å². The molecular formula is C21H21ClN2O3S2. The molecule has 0 bridgehead atoms. The van der Waals surface area contributed by atoms with Crippen molar-refractivity contribution in [3.05, 3.63) is 65.2 Å². The second-order valence-electron chi connectivity index (χ2n) is 7.21. The van der Waals surface area contributed by atoms with E-state index in [0.717, 1.165) is 37.7 Å². The molecule has 29 heavy (non-hydrogen) atoms. The van der Waals surface area contributed by atoms with E-state index in [1.807, 2.05) is 30.3 Å². The molecule has 1 saturated heterocycles. The third kappa shape index (κ3) is 4.37. The Kier molecular flexibility index (Phi) is 5.99. The van der Waals surface area contributed by atoms with Gasteiger partial charge in [-0.1, -0.05) is 73.0 Å². The zero-order valence-electron chi connectivity index (χ0n) is 15.7. The molecule has 1 aliphatic heterocycles. The molecule has 2 fully saturated rings. The zero-order valence-corrected chi connectivity index (χ0v) is 18.1. The topological polar surface area (TPSA) is 66.8 Å². The first-order chi connectivity index (χ1) is 14.0. The van der Waals surface area contributed by atoms with Crippen LogP contribution in [0.1, 0.15) is 42.9 Å². The summed E-state index contributed by atoms with van der Waals surface area (Å²) in [6.45, 7) is 0. The molecule has 2 aromatic carbocycles. The van der Waals surface area contributed by atoms with Gasteiger partial charge in [0.2, 0.25) is 5.91 Å². The molecule has 1 atom stereocenters. The second kappa shape index (κ2) is 8.50. The van der Waals surface area contributed by atoms with Gasteiger partial charge in [0, 0.05) is 11.1 Å². The predicted octanol–water partition coefficient (Wildman–Crippen LogP) is 5.03. The van der Waals surface area contributed by atoms with Gasteiger partial charge in [-0.25, -0.2) is 0 Å². The molecular weight excluding hydrogens is 428 g/mol. The van der Waals surface area contributed by atoms with Crippen LogP contribution in [-0.4, -0.2) is 30.4 Å². The number of carbonyl (C=O) groups is 1. The van der Waals surface area contributed by atoms with Crippen LogP contribution in [0.25, 0.3) is 0 Å². The minimum atomic E-state index is -3.95. The van der Waals surface area contributed by atoms with Crippen molar-refractivity contribution in [2.24, 2.45) is 4.40 Å². The number of nitrogens with zero attached hydrogens (tertiary/aromatic N) is 2. The van der Waals surface area contributed by atoms with Crippen LogP contribution in [0.3, 0.4) is 0 Å². The third-order valence-electron chi connectivity index (χ3n) is 5.24. The number of benzene rings is 2. The van der Waals surface area contributed by atoms with Gasteiger partial charge < -0.3 is 0 Å². The fraction of sp³-hybridized carbons (Fsp3) is 0.333. The highest BCUT2D eigenvalue weighted by Crippen LogP contribution is 2.43. The molecule has 5 nitrogen and oxygen atoms in total. The summed E-state index contributed by atoms with van der Waals surface area (Å²) in [5.74, 6) is -0.0850. The van der Waals surface area contributed by atoms with E-state index in [4.69, 9.17) is 11.6 Å². The molecule has 0 aromatic heterocycles. The van der Waals surface area contributed by atoms with Gasteiger partial charge in [-0.3, -0.25) is 9.69 Å². The third-order valence-corrected chi connectivity index (χ3v) is 8.10. The normalized spacial score (nSPS) is 22.4. The number of rotatable bonds is 4. The highest BCUT2D eigenvalue weighted by atomic mass is 35.5. The van der Waals surface area contributed by atoms with Gasteiger partial charge in [0.05, 0.1) is 4.90 Å². The van der Waals surface area contributed by atoms with Crippen molar-refractivity contribution in [1.29, 1.82) is 0 Å². The average molecular weight is 449 g/mol. The summed E-state index contributed by atoms with van der Waals surface area (Å²) < 4.78 is 29.9. The summed E-state index contributed by atoms with van der Waals surface area (Å²) in [7, 11) is -3.95. The molecule has 1 heterocycles. The summed E-state index contributed by atoms with van der Waals surface area (Å²) in [6, 6.07) is 15.4. The molecule has 1 saturated carbocycles. The number of amides is 1. The van der Waals surface area contributed by atoms with Crippen LogP contribution in [-0.2, 0) is 14.8 Å². The van der Waals surface area contributed by atoms with Gasteiger partial charge in [0.15, 0.2) is 5.17 Å². The Morgan fingerprint density at radius 2 is 1.62 bits per heavy atom. The van der Waals surface area contributed by atoms with Gasteiger partial charge in [-0.05, 0) is 42.7 Å². The summed E-state index contributed by atoms with van der Waals surface area (Å²) in [5, 5.41) is 0.248. The molecule has 4 rings (SSSR count). The Hall–Kier alpha value is -1.83. The van der Waals surface area contributed by atoms with Crippen LogP contribution in [0.5, 0.6) is 0 Å². The maximum absolute atomic E-state index is 13.3. The number of thioether (sulfide) groups is 1. The van der Waals surface area contributed by atoms with Crippen molar-refractivity contribution in [2.75, 3.05) is 0 Å². The fourth-order valence-electron chi connectivity index (χ4n) is 3.77.